The van der Waals surface area contributed by atoms with Crippen LogP contribution in [0.5, 0.6) is 17.4 Å². The van der Waals surface area contributed by atoms with Crippen LogP contribution in [0.15, 0.2) is 48.9 Å². The van der Waals surface area contributed by atoms with Gasteiger partial charge in [-0.3, -0.25) is 0 Å². The van der Waals surface area contributed by atoms with Crippen molar-refractivity contribution in [1.82, 2.24) is 19.9 Å². The van der Waals surface area contributed by atoms with Crippen LogP contribution in [0.3, 0.4) is 0 Å². The SMILES string of the molecule is COc1cc2ncnc(NCCC(C)Oc3cnc4ccccc4n3)c2cc1OC. The fourth-order valence-electron chi connectivity index (χ4n) is 3.18. The monoisotopic (exact) mass is 405 g/mol. The van der Waals surface area contributed by atoms with Crippen LogP contribution in [-0.4, -0.2) is 46.8 Å². The minimum atomic E-state index is -0.0457. The Balaban J connectivity index is 1.41. The number of anilines is 1. The zero-order valence-corrected chi connectivity index (χ0v) is 17.1. The van der Waals surface area contributed by atoms with Crippen molar-refractivity contribution in [2.24, 2.45) is 0 Å². The maximum atomic E-state index is 5.93. The molecule has 30 heavy (non-hydrogen) atoms. The van der Waals surface area contributed by atoms with Gasteiger partial charge in [-0.15, -0.1) is 0 Å². The third kappa shape index (κ3) is 4.17. The summed E-state index contributed by atoms with van der Waals surface area (Å²) in [4.78, 5) is 17.6. The van der Waals surface area contributed by atoms with Gasteiger partial charge >= 0.3 is 0 Å². The summed E-state index contributed by atoms with van der Waals surface area (Å²) in [6.07, 6.45) is 3.90. The van der Waals surface area contributed by atoms with Gasteiger partial charge in [-0.1, -0.05) is 12.1 Å². The smallest absolute Gasteiger partial charge is 0.233 e. The van der Waals surface area contributed by atoms with Crippen molar-refractivity contribution in [2.75, 3.05) is 26.1 Å². The highest BCUT2D eigenvalue weighted by atomic mass is 16.5. The molecular weight excluding hydrogens is 382 g/mol. The molecule has 0 saturated carbocycles. The van der Waals surface area contributed by atoms with E-state index in [-0.39, 0.29) is 6.10 Å². The Hall–Kier alpha value is -3.68. The molecule has 1 N–H and O–H groups in total. The number of nitrogens with zero attached hydrogens (tertiary/aromatic N) is 4. The van der Waals surface area contributed by atoms with E-state index in [0.29, 0.717) is 23.9 Å². The minimum Gasteiger partial charge on any atom is -0.493 e. The quantitative estimate of drug-likeness (QED) is 0.473. The second-order valence-corrected chi connectivity index (χ2v) is 6.79. The highest BCUT2D eigenvalue weighted by Gasteiger charge is 2.12. The normalized spacial score (nSPS) is 12.0. The first-order valence-corrected chi connectivity index (χ1v) is 9.67. The number of benzene rings is 2. The molecule has 1 atom stereocenters. The van der Waals surface area contributed by atoms with Crippen molar-refractivity contribution in [3.05, 3.63) is 48.9 Å². The first kappa shape index (κ1) is 19.6. The lowest BCUT2D eigenvalue weighted by atomic mass is 10.2. The number of hydrogen-bond acceptors (Lipinski definition) is 8. The van der Waals surface area contributed by atoms with Gasteiger partial charge < -0.3 is 19.5 Å². The number of fused-ring (bicyclic) bond motifs is 2. The van der Waals surface area contributed by atoms with Crippen LogP contribution in [0.25, 0.3) is 21.9 Å². The van der Waals surface area contributed by atoms with Gasteiger partial charge in [0.25, 0.3) is 0 Å². The number of rotatable bonds is 8. The van der Waals surface area contributed by atoms with Gasteiger partial charge in [-0.05, 0) is 25.1 Å². The van der Waals surface area contributed by atoms with Crippen LogP contribution in [0.4, 0.5) is 5.82 Å². The fourth-order valence-corrected chi connectivity index (χ4v) is 3.18. The first-order chi connectivity index (χ1) is 14.7. The van der Waals surface area contributed by atoms with Crippen LogP contribution in [0, 0.1) is 0 Å². The number of hydrogen-bond donors (Lipinski definition) is 1. The van der Waals surface area contributed by atoms with Crippen LogP contribution in [-0.2, 0) is 0 Å². The van der Waals surface area contributed by atoms with Gasteiger partial charge in [-0.25, -0.2) is 19.9 Å². The number of para-hydroxylation sites is 2. The second kappa shape index (κ2) is 8.77. The Morgan fingerprint density at radius 3 is 2.50 bits per heavy atom. The lowest BCUT2D eigenvalue weighted by Crippen LogP contribution is -2.18. The lowest BCUT2D eigenvalue weighted by molar-refractivity contribution is 0.206. The molecule has 154 valence electrons. The summed E-state index contributed by atoms with van der Waals surface area (Å²) in [6, 6.07) is 11.4. The summed E-state index contributed by atoms with van der Waals surface area (Å²) >= 11 is 0. The van der Waals surface area contributed by atoms with Crippen molar-refractivity contribution in [2.45, 2.75) is 19.4 Å². The van der Waals surface area contributed by atoms with E-state index in [0.717, 1.165) is 34.2 Å². The first-order valence-electron chi connectivity index (χ1n) is 9.67. The van der Waals surface area contributed by atoms with E-state index in [1.54, 1.807) is 20.4 Å². The van der Waals surface area contributed by atoms with Gasteiger partial charge in [0.2, 0.25) is 5.88 Å². The Kier molecular flexibility index (Phi) is 5.74. The highest BCUT2D eigenvalue weighted by Crippen LogP contribution is 2.33. The fraction of sp³-hybridized carbons (Fsp3) is 0.273. The molecule has 0 saturated heterocycles. The molecule has 0 amide bonds. The van der Waals surface area contributed by atoms with E-state index in [1.807, 2.05) is 43.3 Å². The van der Waals surface area contributed by atoms with Gasteiger partial charge in [-0.2, -0.15) is 0 Å². The number of aromatic nitrogens is 4. The molecule has 8 heteroatoms. The van der Waals surface area contributed by atoms with E-state index < -0.39 is 0 Å². The van der Waals surface area contributed by atoms with Gasteiger partial charge in [0.1, 0.15) is 12.1 Å². The van der Waals surface area contributed by atoms with Crippen molar-refractivity contribution in [3.63, 3.8) is 0 Å². The zero-order valence-electron chi connectivity index (χ0n) is 17.1. The molecule has 0 bridgehead atoms. The van der Waals surface area contributed by atoms with Gasteiger partial charge in [0.15, 0.2) is 11.5 Å². The summed E-state index contributed by atoms with van der Waals surface area (Å²) in [5, 5.41) is 4.22. The van der Waals surface area contributed by atoms with E-state index >= 15 is 0 Å². The Labute approximate surface area is 174 Å². The number of ether oxygens (including phenoxy) is 3. The number of nitrogens with one attached hydrogen (secondary N) is 1. The minimum absolute atomic E-state index is 0.0457. The molecule has 4 aromatic rings. The largest absolute Gasteiger partial charge is 0.493 e. The van der Waals surface area contributed by atoms with Crippen molar-refractivity contribution >= 4 is 27.8 Å². The highest BCUT2D eigenvalue weighted by molar-refractivity contribution is 5.91. The molecule has 0 radical (unpaired) electrons. The van der Waals surface area contributed by atoms with Crippen molar-refractivity contribution in [3.8, 4) is 17.4 Å². The molecule has 2 aromatic heterocycles. The maximum absolute atomic E-state index is 5.93. The summed E-state index contributed by atoms with van der Waals surface area (Å²) < 4.78 is 16.7. The molecule has 0 fully saturated rings. The summed E-state index contributed by atoms with van der Waals surface area (Å²) in [5.74, 6) is 2.52. The Bertz CT molecular complexity index is 1170. The predicted octanol–water partition coefficient (Wildman–Crippen LogP) is 3.86. The predicted molar refractivity (Wildman–Crippen MR) is 115 cm³/mol. The molecule has 8 nitrogen and oxygen atoms in total. The van der Waals surface area contributed by atoms with Crippen LogP contribution < -0.4 is 19.5 Å². The summed E-state index contributed by atoms with van der Waals surface area (Å²) in [5.41, 5.74) is 2.44. The van der Waals surface area contributed by atoms with Crippen LogP contribution in [0.1, 0.15) is 13.3 Å². The van der Waals surface area contributed by atoms with E-state index in [9.17, 15) is 0 Å². The number of methoxy groups -OCH3 is 2. The average molecular weight is 405 g/mol. The molecular formula is C22H23N5O3. The molecule has 1 unspecified atom stereocenters. The topological polar surface area (TPSA) is 91.3 Å². The summed E-state index contributed by atoms with van der Waals surface area (Å²) in [6.45, 7) is 2.67. The van der Waals surface area contributed by atoms with Gasteiger partial charge in [0, 0.05) is 24.4 Å². The second-order valence-electron chi connectivity index (χ2n) is 6.79. The van der Waals surface area contributed by atoms with Gasteiger partial charge in [0.05, 0.1) is 43.1 Å². The molecule has 2 heterocycles. The van der Waals surface area contributed by atoms with E-state index in [1.165, 1.54) is 6.33 Å². The molecule has 2 aromatic carbocycles. The third-order valence-electron chi connectivity index (χ3n) is 4.73. The molecule has 0 aliphatic carbocycles. The average Bonchev–Trinajstić information content (AvgIpc) is 2.78. The molecule has 4 rings (SSSR count). The Morgan fingerprint density at radius 2 is 1.70 bits per heavy atom. The van der Waals surface area contributed by atoms with Crippen molar-refractivity contribution in [1.29, 1.82) is 0 Å². The summed E-state index contributed by atoms with van der Waals surface area (Å²) in [7, 11) is 3.21. The Morgan fingerprint density at radius 1 is 0.933 bits per heavy atom. The standard InChI is InChI=1S/C22H23N5O3/c1-14(30-21-12-24-16-6-4-5-7-17(16)27-21)8-9-23-22-15-10-19(28-2)20(29-3)11-18(15)25-13-26-22/h4-7,10-14H,8-9H2,1-3H3,(H,23,25,26). The molecule has 0 spiro atoms. The lowest BCUT2D eigenvalue weighted by Gasteiger charge is -2.15. The van der Waals surface area contributed by atoms with Crippen molar-refractivity contribution < 1.29 is 14.2 Å². The maximum Gasteiger partial charge on any atom is 0.233 e. The zero-order chi connectivity index (χ0) is 20.9. The van der Waals surface area contributed by atoms with Crippen LogP contribution in [0.2, 0.25) is 0 Å². The van der Waals surface area contributed by atoms with E-state index in [2.05, 4.69) is 25.3 Å². The van der Waals surface area contributed by atoms with E-state index in [4.69, 9.17) is 14.2 Å². The van der Waals surface area contributed by atoms with Crippen LogP contribution >= 0.6 is 0 Å². The third-order valence-corrected chi connectivity index (χ3v) is 4.73. The molecule has 0 aliphatic heterocycles. The molecule has 0 aliphatic rings.